The smallest absolute Gasteiger partial charge is 0.410 e. The average molecular weight is 256 g/mol. The summed E-state index contributed by atoms with van der Waals surface area (Å²) < 4.78 is 5.50. The Balaban J connectivity index is 2.78. The van der Waals surface area contributed by atoms with Crippen LogP contribution in [0.5, 0.6) is 0 Å². The van der Waals surface area contributed by atoms with E-state index in [2.05, 4.69) is 6.92 Å². The zero-order chi connectivity index (χ0) is 13.8. The van der Waals surface area contributed by atoms with Crippen LogP contribution in [0.2, 0.25) is 0 Å². The molecular weight excluding hydrogens is 228 g/mol. The quantitative estimate of drug-likeness (QED) is 0.826. The first kappa shape index (κ1) is 15.3. The summed E-state index contributed by atoms with van der Waals surface area (Å²) in [4.78, 5) is 14.2. The van der Waals surface area contributed by atoms with Crippen molar-refractivity contribution in [3.05, 3.63) is 0 Å². The summed E-state index contributed by atoms with van der Waals surface area (Å²) in [5.74, 6) is 0.407. The lowest BCUT2D eigenvalue weighted by Gasteiger charge is -2.35. The molecule has 18 heavy (non-hydrogen) atoms. The summed E-state index contributed by atoms with van der Waals surface area (Å²) >= 11 is 0. The van der Waals surface area contributed by atoms with Gasteiger partial charge < -0.3 is 15.4 Å². The number of amides is 1. The van der Waals surface area contributed by atoms with Crippen LogP contribution in [0, 0.1) is 5.92 Å². The summed E-state index contributed by atoms with van der Waals surface area (Å²) in [5.41, 5.74) is 5.42. The van der Waals surface area contributed by atoms with E-state index in [0.29, 0.717) is 12.5 Å². The van der Waals surface area contributed by atoms with Crippen molar-refractivity contribution < 1.29 is 9.53 Å². The molecule has 1 rings (SSSR count). The highest BCUT2D eigenvalue weighted by atomic mass is 16.6. The largest absolute Gasteiger partial charge is 0.444 e. The van der Waals surface area contributed by atoms with Crippen molar-refractivity contribution in [2.45, 2.75) is 65.0 Å². The first-order chi connectivity index (χ1) is 8.39. The van der Waals surface area contributed by atoms with Crippen LogP contribution in [0.3, 0.4) is 0 Å². The van der Waals surface area contributed by atoms with Crippen molar-refractivity contribution in [2.24, 2.45) is 11.7 Å². The molecule has 0 aromatic rings. The molecule has 2 N–H and O–H groups in total. The Hall–Kier alpha value is -0.770. The topological polar surface area (TPSA) is 55.6 Å². The highest BCUT2D eigenvalue weighted by molar-refractivity contribution is 5.68. The Bertz CT molecular complexity index is 273. The van der Waals surface area contributed by atoms with Gasteiger partial charge in [-0.05, 0) is 52.5 Å². The van der Waals surface area contributed by atoms with Crippen molar-refractivity contribution in [3.8, 4) is 0 Å². The number of rotatable bonds is 2. The first-order valence-corrected chi connectivity index (χ1v) is 7.08. The van der Waals surface area contributed by atoms with Gasteiger partial charge in [-0.3, -0.25) is 0 Å². The minimum absolute atomic E-state index is 0.185. The Kier molecular flexibility index (Phi) is 5.45. The summed E-state index contributed by atoms with van der Waals surface area (Å²) in [6.45, 7) is 9.29. The normalized spacial score (nSPS) is 25.7. The number of likely N-dealkylation sites (tertiary alicyclic amines) is 1. The van der Waals surface area contributed by atoms with Crippen LogP contribution in [0.15, 0.2) is 0 Å². The van der Waals surface area contributed by atoms with Gasteiger partial charge in [0.15, 0.2) is 0 Å². The maximum absolute atomic E-state index is 12.3. The molecule has 0 aromatic carbocycles. The maximum atomic E-state index is 12.3. The summed E-state index contributed by atoms with van der Waals surface area (Å²) in [6.07, 6.45) is 4.08. The van der Waals surface area contributed by atoms with Crippen LogP contribution in [0.1, 0.15) is 53.4 Å². The second-order valence-electron chi connectivity index (χ2n) is 6.14. The predicted octanol–water partition coefficient (Wildman–Crippen LogP) is 2.76. The van der Waals surface area contributed by atoms with Gasteiger partial charge in [-0.1, -0.05) is 13.3 Å². The van der Waals surface area contributed by atoms with Crippen LogP contribution in [-0.2, 0) is 4.74 Å². The molecule has 2 atom stereocenters. The van der Waals surface area contributed by atoms with E-state index in [4.69, 9.17) is 10.5 Å². The van der Waals surface area contributed by atoms with Gasteiger partial charge in [-0.2, -0.15) is 0 Å². The fourth-order valence-corrected chi connectivity index (χ4v) is 2.68. The third kappa shape index (κ3) is 4.16. The molecular formula is C14H28N2O2. The number of carbonyl (C=O) groups is 1. The second-order valence-corrected chi connectivity index (χ2v) is 6.14. The number of hydrogen-bond donors (Lipinski definition) is 1. The van der Waals surface area contributed by atoms with E-state index in [1.807, 2.05) is 25.7 Å². The molecule has 1 heterocycles. The van der Waals surface area contributed by atoms with E-state index in [0.717, 1.165) is 32.2 Å². The highest BCUT2D eigenvalue weighted by Gasteiger charge is 2.33. The van der Waals surface area contributed by atoms with Gasteiger partial charge in [-0.25, -0.2) is 4.79 Å². The molecule has 1 aliphatic rings. The van der Waals surface area contributed by atoms with Crippen molar-refractivity contribution in [2.75, 3.05) is 13.1 Å². The van der Waals surface area contributed by atoms with Gasteiger partial charge in [-0.15, -0.1) is 0 Å². The lowest BCUT2D eigenvalue weighted by atomic mass is 9.93. The number of carbonyl (C=O) groups excluding carboxylic acids is 1. The van der Waals surface area contributed by atoms with Gasteiger partial charge in [0.05, 0.1) is 0 Å². The van der Waals surface area contributed by atoms with E-state index in [1.165, 1.54) is 0 Å². The minimum Gasteiger partial charge on any atom is -0.444 e. The predicted molar refractivity (Wildman–Crippen MR) is 73.4 cm³/mol. The van der Waals surface area contributed by atoms with Crippen LogP contribution in [-0.4, -0.2) is 35.7 Å². The van der Waals surface area contributed by atoms with Crippen LogP contribution in [0.4, 0.5) is 4.79 Å². The van der Waals surface area contributed by atoms with Gasteiger partial charge in [0.25, 0.3) is 0 Å². The third-order valence-electron chi connectivity index (χ3n) is 3.52. The lowest BCUT2D eigenvalue weighted by Crippen LogP contribution is -2.47. The zero-order valence-corrected chi connectivity index (χ0v) is 12.2. The van der Waals surface area contributed by atoms with Crippen molar-refractivity contribution in [1.82, 2.24) is 4.90 Å². The Labute approximate surface area is 111 Å². The second kappa shape index (κ2) is 6.41. The molecule has 1 fully saturated rings. The number of nitrogens with two attached hydrogens (primary N) is 1. The van der Waals surface area contributed by atoms with Crippen LogP contribution in [0.25, 0.3) is 0 Å². The Morgan fingerprint density at radius 2 is 2.06 bits per heavy atom. The van der Waals surface area contributed by atoms with E-state index >= 15 is 0 Å². The molecule has 0 unspecified atom stereocenters. The SMILES string of the molecule is CC[C@@H]1[C@@H](CN)CCCCN1C(=O)OC(C)(C)C. The molecule has 1 saturated heterocycles. The summed E-state index contributed by atoms with van der Waals surface area (Å²) in [6, 6.07) is 0.229. The van der Waals surface area contributed by atoms with E-state index < -0.39 is 5.60 Å². The van der Waals surface area contributed by atoms with Gasteiger partial charge in [0.2, 0.25) is 0 Å². The average Bonchev–Trinajstić information content (AvgIpc) is 2.47. The summed E-state index contributed by atoms with van der Waals surface area (Å²) in [7, 11) is 0. The fourth-order valence-electron chi connectivity index (χ4n) is 2.68. The molecule has 106 valence electrons. The molecule has 0 bridgehead atoms. The van der Waals surface area contributed by atoms with Crippen molar-refractivity contribution >= 4 is 6.09 Å². The van der Waals surface area contributed by atoms with Crippen LogP contribution >= 0.6 is 0 Å². The third-order valence-corrected chi connectivity index (χ3v) is 3.52. The molecule has 0 aliphatic carbocycles. The number of nitrogens with zero attached hydrogens (tertiary/aromatic N) is 1. The molecule has 0 aromatic heterocycles. The fraction of sp³-hybridized carbons (Fsp3) is 0.929. The monoisotopic (exact) mass is 256 g/mol. The molecule has 0 spiro atoms. The van der Waals surface area contributed by atoms with Crippen molar-refractivity contribution in [3.63, 3.8) is 0 Å². The Morgan fingerprint density at radius 3 is 2.56 bits per heavy atom. The standard InChI is InChI=1S/C14H28N2O2/c1-5-12-11(10-15)8-6-7-9-16(12)13(17)18-14(2,3)4/h11-12H,5-10,15H2,1-4H3/t11-,12-/m1/s1. The number of ether oxygens (including phenoxy) is 1. The van der Waals surface area contributed by atoms with Gasteiger partial charge in [0, 0.05) is 12.6 Å². The molecule has 1 amide bonds. The first-order valence-electron chi connectivity index (χ1n) is 7.08. The molecule has 4 heteroatoms. The Morgan fingerprint density at radius 1 is 1.39 bits per heavy atom. The minimum atomic E-state index is -0.431. The van der Waals surface area contributed by atoms with Gasteiger partial charge >= 0.3 is 6.09 Å². The lowest BCUT2D eigenvalue weighted by molar-refractivity contribution is 0.0115. The maximum Gasteiger partial charge on any atom is 0.410 e. The zero-order valence-electron chi connectivity index (χ0n) is 12.2. The molecule has 4 nitrogen and oxygen atoms in total. The van der Waals surface area contributed by atoms with Gasteiger partial charge in [0.1, 0.15) is 5.60 Å². The molecule has 1 aliphatic heterocycles. The summed E-state index contributed by atoms with van der Waals surface area (Å²) in [5, 5.41) is 0. The molecule has 0 saturated carbocycles. The van der Waals surface area contributed by atoms with Crippen molar-refractivity contribution in [1.29, 1.82) is 0 Å². The van der Waals surface area contributed by atoms with Crippen LogP contribution < -0.4 is 5.73 Å². The number of hydrogen-bond acceptors (Lipinski definition) is 3. The highest BCUT2D eigenvalue weighted by Crippen LogP contribution is 2.26. The van der Waals surface area contributed by atoms with E-state index in [9.17, 15) is 4.79 Å². The van der Waals surface area contributed by atoms with E-state index in [1.54, 1.807) is 0 Å². The molecule has 0 radical (unpaired) electrons. The van der Waals surface area contributed by atoms with E-state index in [-0.39, 0.29) is 12.1 Å².